The van der Waals surface area contributed by atoms with Gasteiger partial charge in [-0.05, 0) is 13.0 Å². The maximum absolute atomic E-state index is 10.4. The van der Waals surface area contributed by atoms with E-state index in [1.54, 1.807) is 6.08 Å². The Morgan fingerprint density at radius 1 is 1.69 bits per heavy atom. The SMILES string of the molecule is CCN(C)C1=CC=C(C=O)C(O)C1. The highest BCUT2D eigenvalue weighted by Gasteiger charge is 2.17. The minimum absolute atomic E-state index is 0.466. The number of nitrogens with zero attached hydrogens (tertiary/aromatic N) is 1. The lowest BCUT2D eigenvalue weighted by molar-refractivity contribution is -0.105. The van der Waals surface area contributed by atoms with Crippen molar-refractivity contribution in [3.8, 4) is 0 Å². The summed E-state index contributed by atoms with van der Waals surface area (Å²) in [5, 5.41) is 9.52. The van der Waals surface area contributed by atoms with Gasteiger partial charge in [0.05, 0.1) is 6.10 Å². The van der Waals surface area contributed by atoms with Gasteiger partial charge in [0.15, 0.2) is 0 Å². The molecule has 0 saturated carbocycles. The number of aliphatic hydroxyl groups excluding tert-OH is 1. The number of allylic oxidation sites excluding steroid dienone is 2. The van der Waals surface area contributed by atoms with Crippen LogP contribution in [0.2, 0.25) is 0 Å². The summed E-state index contributed by atoms with van der Waals surface area (Å²) in [6, 6.07) is 0. The van der Waals surface area contributed by atoms with Crippen LogP contribution in [0.1, 0.15) is 13.3 Å². The third-order valence-electron chi connectivity index (χ3n) is 2.36. The van der Waals surface area contributed by atoms with E-state index in [4.69, 9.17) is 0 Å². The van der Waals surface area contributed by atoms with Crippen LogP contribution in [-0.4, -0.2) is 36.0 Å². The number of rotatable bonds is 3. The summed E-state index contributed by atoms with van der Waals surface area (Å²) < 4.78 is 0. The van der Waals surface area contributed by atoms with Gasteiger partial charge in [-0.25, -0.2) is 0 Å². The quantitative estimate of drug-likeness (QED) is 0.652. The molecule has 0 aromatic carbocycles. The topological polar surface area (TPSA) is 40.5 Å². The van der Waals surface area contributed by atoms with Crippen molar-refractivity contribution in [2.75, 3.05) is 13.6 Å². The molecule has 1 aliphatic rings. The molecule has 1 unspecified atom stereocenters. The first-order valence-corrected chi connectivity index (χ1v) is 4.44. The van der Waals surface area contributed by atoms with Gasteiger partial charge in [-0.15, -0.1) is 0 Å². The zero-order valence-electron chi connectivity index (χ0n) is 8.03. The normalized spacial score (nSPS) is 21.9. The Morgan fingerprint density at radius 3 is 2.85 bits per heavy atom. The molecule has 1 atom stereocenters. The largest absolute Gasteiger partial charge is 0.388 e. The van der Waals surface area contributed by atoms with Crippen LogP contribution < -0.4 is 0 Å². The molecule has 0 spiro atoms. The van der Waals surface area contributed by atoms with Crippen molar-refractivity contribution in [3.05, 3.63) is 23.4 Å². The average molecular weight is 181 g/mol. The van der Waals surface area contributed by atoms with Crippen molar-refractivity contribution in [2.24, 2.45) is 0 Å². The number of hydrogen-bond acceptors (Lipinski definition) is 3. The molecule has 0 bridgehead atoms. The van der Waals surface area contributed by atoms with Crippen molar-refractivity contribution in [3.63, 3.8) is 0 Å². The third-order valence-corrected chi connectivity index (χ3v) is 2.36. The van der Waals surface area contributed by atoms with Gasteiger partial charge in [-0.3, -0.25) is 4.79 Å². The van der Waals surface area contributed by atoms with E-state index in [1.165, 1.54) is 0 Å². The first-order chi connectivity index (χ1) is 6.19. The standard InChI is InChI=1S/C10H15NO2/c1-3-11(2)9-5-4-8(7-12)10(13)6-9/h4-5,7,10,13H,3,6H2,1-2H3. The van der Waals surface area contributed by atoms with E-state index >= 15 is 0 Å². The monoisotopic (exact) mass is 181 g/mol. The molecule has 0 radical (unpaired) electrons. The minimum atomic E-state index is -0.633. The van der Waals surface area contributed by atoms with E-state index in [0.29, 0.717) is 18.3 Å². The van der Waals surface area contributed by atoms with Gasteiger partial charge < -0.3 is 10.0 Å². The van der Waals surface area contributed by atoms with Crippen LogP contribution in [0, 0.1) is 0 Å². The number of carbonyl (C=O) groups is 1. The predicted molar refractivity (Wildman–Crippen MR) is 51.2 cm³/mol. The van der Waals surface area contributed by atoms with Gasteiger partial charge in [0.2, 0.25) is 0 Å². The molecule has 0 fully saturated rings. The summed E-state index contributed by atoms with van der Waals surface area (Å²) in [5.74, 6) is 0. The summed E-state index contributed by atoms with van der Waals surface area (Å²) >= 11 is 0. The molecule has 0 aromatic heterocycles. The lowest BCUT2D eigenvalue weighted by Gasteiger charge is -2.25. The van der Waals surface area contributed by atoms with Crippen LogP contribution >= 0.6 is 0 Å². The number of hydrogen-bond donors (Lipinski definition) is 1. The molecule has 1 rings (SSSR count). The van der Waals surface area contributed by atoms with Gasteiger partial charge in [0.1, 0.15) is 6.29 Å². The maximum atomic E-state index is 10.4. The Bertz CT molecular complexity index is 256. The molecule has 0 amide bonds. The Balaban J connectivity index is 2.77. The lowest BCUT2D eigenvalue weighted by Crippen LogP contribution is -2.24. The third kappa shape index (κ3) is 2.18. The van der Waals surface area contributed by atoms with Gasteiger partial charge in [0.25, 0.3) is 0 Å². The fourth-order valence-electron chi connectivity index (χ4n) is 1.29. The highest BCUT2D eigenvalue weighted by molar-refractivity contribution is 5.76. The second-order valence-electron chi connectivity index (χ2n) is 3.18. The molecule has 0 aliphatic heterocycles. The van der Waals surface area contributed by atoms with Crippen molar-refractivity contribution < 1.29 is 9.90 Å². The number of aldehydes is 1. The van der Waals surface area contributed by atoms with Crippen molar-refractivity contribution in [2.45, 2.75) is 19.4 Å². The highest BCUT2D eigenvalue weighted by Crippen LogP contribution is 2.19. The zero-order valence-corrected chi connectivity index (χ0v) is 8.03. The van der Waals surface area contributed by atoms with Crippen molar-refractivity contribution in [1.82, 2.24) is 4.90 Å². The Morgan fingerprint density at radius 2 is 2.38 bits per heavy atom. The van der Waals surface area contributed by atoms with Gasteiger partial charge in [0, 0.05) is 31.3 Å². The van der Waals surface area contributed by atoms with Crippen molar-refractivity contribution >= 4 is 6.29 Å². The Kier molecular flexibility index (Phi) is 3.25. The predicted octanol–water partition coefficient (Wildman–Crippen LogP) is 0.712. The zero-order chi connectivity index (χ0) is 9.84. The van der Waals surface area contributed by atoms with E-state index < -0.39 is 6.10 Å². The lowest BCUT2D eigenvalue weighted by atomic mass is 10.00. The summed E-state index contributed by atoms with van der Waals surface area (Å²) in [6.45, 7) is 2.95. The molecule has 0 aromatic rings. The van der Waals surface area contributed by atoms with Crippen LogP contribution in [0.5, 0.6) is 0 Å². The second kappa shape index (κ2) is 4.23. The van der Waals surface area contributed by atoms with E-state index in [2.05, 4.69) is 4.90 Å². The van der Waals surface area contributed by atoms with Crippen LogP contribution in [0.4, 0.5) is 0 Å². The maximum Gasteiger partial charge on any atom is 0.148 e. The summed E-state index contributed by atoms with van der Waals surface area (Å²) in [7, 11) is 1.97. The van der Waals surface area contributed by atoms with Crippen LogP contribution in [0.25, 0.3) is 0 Å². The summed E-state index contributed by atoms with van der Waals surface area (Å²) in [5.41, 5.74) is 1.54. The first-order valence-electron chi connectivity index (χ1n) is 4.44. The van der Waals surface area contributed by atoms with E-state index in [-0.39, 0.29) is 0 Å². The number of aliphatic hydroxyl groups is 1. The molecular formula is C10H15NO2. The minimum Gasteiger partial charge on any atom is -0.388 e. The molecule has 3 nitrogen and oxygen atoms in total. The molecule has 0 heterocycles. The molecule has 13 heavy (non-hydrogen) atoms. The molecule has 0 saturated heterocycles. The van der Waals surface area contributed by atoms with Gasteiger partial charge >= 0.3 is 0 Å². The molecule has 1 N–H and O–H groups in total. The van der Waals surface area contributed by atoms with Crippen LogP contribution in [0.3, 0.4) is 0 Å². The van der Waals surface area contributed by atoms with Crippen LogP contribution in [0.15, 0.2) is 23.4 Å². The van der Waals surface area contributed by atoms with Gasteiger partial charge in [-0.2, -0.15) is 0 Å². The molecular weight excluding hydrogens is 166 g/mol. The smallest absolute Gasteiger partial charge is 0.148 e. The van der Waals surface area contributed by atoms with Gasteiger partial charge in [-0.1, -0.05) is 6.08 Å². The summed E-state index contributed by atoms with van der Waals surface area (Å²) in [4.78, 5) is 12.5. The fraction of sp³-hybridized carbons (Fsp3) is 0.500. The second-order valence-corrected chi connectivity index (χ2v) is 3.18. The molecule has 1 aliphatic carbocycles. The highest BCUT2D eigenvalue weighted by atomic mass is 16.3. The van der Waals surface area contributed by atoms with E-state index in [0.717, 1.165) is 12.2 Å². The summed E-state index contributed by atoms with van der Waals surface area (Å²) in [6.07, 6.45) is 4.19. The molecule has 3 heteroatoms. The van der Waals surface area contributed by atoms with E-state index in [1.807, 2.05) is 20.0 Å². The average Bonchev–Trinajstić information content (AvgIpc) is 2.16. The Hall–Kier alpha value is -1.09. The first kappa shape index (κ1) is 9.99. The Labute approximate surface area is 78.4 Å². The number of carbonyl (C=O) groups excluding carboxylic acids is 1. The van der Waals surface area contributed by atoms with Crippen molar-refractivity contribution in [1.29, 1.82) is 0 Å². The van der Waals surface area contributed by atoms with E-state index in [9.17, 15) is 9.90 Å². The fourth-order valence-corrected chi connectivity index (χ4v) is 1.29. The molecule has 72 valence electrons. The van der Waals surface area contributed by atoms with Crippen LogP contribution in [-0.2, 0) is 4.79 Å².